The maximum Gasteiger partial charge on any atom is 0.339 e. The number of unbranched alkanes of at least 4 members (excludes halogenated alkanes) is 52. The molecule has 0 N–H and O–H groups in total. The summed E-state index contributed by atoms with van der Waals surface area (Å²) in [6.07, 6.45) is 73.2. The summed E-state index contributed by atoms with van der Waals surface area (Å²) >= 11 is 0. The number of ether oxygens (including phenoxy) is 4. The lowest BCUT2D eigenvalue weighted by Crippen LogP contribution is -2.15. The van der Waals surface area contributed by atoms with Gasteiger partial charge in [0.25, 0.3) is 0 Å². The van der Waals surface area contributed by atoms with Gasteiger partial charge in [0.05, 0.1) is 37.6 Å². The summed E-state index contributed by atoms with van der Waals surface area (Å²) in [5.74, 6) is -1.48. The Bertz CT molecular complexity index is 1440. The molecule has 462 valence electrons. The largest absolute Gasteiger partial charge is 0.463 e. The van der Waals surface area contributed by atoms with Crippen molar-refractivity contribution >= 4 is 23.9 Å². The van der Waals surface area contributed by atoms with Crippen LogP contribution in [0.4, 0.5) is 0 Å². The van der Waals surface area contributed by atoms with Gasteiger partial charge in [-0.15, -0.1) is 0 Å². The van der Waals surface area contributed by atoms with E-state index in [1.165, 1.54) is 308 Å². The Kier molecular flexibility index (Phi) is 57.5. The van der Waals surface area contributed by atoms with Gasteiger partial charge >= 0.3 is 23.9 Å². The average Bonchev–Trinajstić information content (AvgIpc) is 3.47. The molecule has 0 radical (unpaired) electrons. The maximum absolute atomic E-state index is 12.9. The fourth-order valence-corrected chi connectivity index (χ4v) is 11.0. The first-order valence-corrected chi connectivity index (χ1v) is 34.5. The number of carbonyl (C=O) groups is 4. The van der Waals surface area contributed by atoms with E-state index in [-0.39, 0.29) is 11.9 Å². The first kappa shape index (κ1) is 74.6. The summed E-state index contributed by atoms with van der Waals surface area (Å²) in [6.45, 7) is 8.67. The predicted molar refractivity (Wildman–Crippen MR) is 339 cm³/mol. The molecule has 1 aromatic rings. The third-order valence-corrected chi connectivity index (χ3v) is 16.2. The minimum absolute atomic E-state index is 0.304. The topological polar surface area (TPSA) is 105 Å². The smallest absolute Gasteiger partial charge is 0.339 e. The molecule has 0 spiro atoms. The Morgan fingerprint density at radius 1 is 0.237 bits per heavy atom. The SMILES string of the molecule is C=CC(=O)OCCCCCCCCCCCCCCCCCCCCCCCCCCCCCOC(=O)c1ccccc1C(=O)OCCCCCCCCCCCCCCCCCCCCCCCCCCCCCOC(=O)C=C. The molecule has 0 aliphatic heterocycles. The third kappa shape index (κ3) is 52.6. The Morgan fingerprint density at radius 3 is 0.525 bits per heavy atom. The van der Waals surface area contributed by atoms with Crippen LogP contribution in [0.2, 0.25) is 0 Å². The summed E-state index contributed by atoms with van der Waals surface area (Å²) in [4.78, 5) is 47.9. The van der Waals surface area contributed by atoms with Crippen molar-refractivity contribution in [2.75, 3.05) is 26.4 Å². The molecule has 0 saturated heterocycles. The van der Waals surface area contributed by atoms with Crippen LogP contribution in [0.5, 0.6) is 0 Å². The van der Waals surface area contributed by atoms with Gasteiger partial charge in [-0.05, 0) is 37.8 Å². The molecule has 0 aliphatic carbocycles. The van der Waals surface area contributed by atoms with Crippen molar-refractivity contribution in [2.24, 2.45) is 0 Å². The standard InChI is InChI=1S/C72H126O8/c1-3-69(73)77-63-57-51-47-43-39-35-31-27-23-19-15-11-7-5-9-13-17-21-25-29-33-37-41-45-49-53-59-65-79-71(75)67-61-55-56-62-68(67)72(76)80-66-60-54-50-46-42-38-34-30-26-22-18-14-10-6-8-12-16-20-24-28-32-36-40-44-48-52-58-64-78-70(74)4-2/h3-4,55-56,61-62H,1-2,5-54,57-60,63-66H2. The van der Waals surface area contributed by atoms with Crippen molar-refractivity contribution in [1.29, 1.82) is 0 Å². The highest BCUT2D eigenvalue weighted by Crippen LogP contribution is 2.20. The van der Waals surface area contributed by atoms with E-state index < -0.39 is 11.9 Å². The second kappa shape index (κ2) is 61.6. The molecular formula is C72H126O8. The third-order valence-electron chi connectivity index (χ3n) is 16.2. The zero-order valence-electron chi connectivity index (χ0n) is 52.2. The number of hydrogen-bond acceptors (Lipinski definition) is 8. The van der Waals surface area contributed by atoms with Gasteiger partial charge in [-0.1, -0.05) is 346 Å². The van der Waals surface area contributed by atoms with Crippen LogP contribution in [-0.4, -0.2) is 50.3 Å². The van der Waals surface area contributed by atoms with Crippen molar-refractivity contribution < 1.29 is 38.1 Å². The van der Waals surface area contributed by atoms with E-state index >= 15 is 0 Å². The Morgan fingerprint density at radius 2 is 0.375 bits per heavy atom. The Labute approximate surface area is 493 Å². The zero-order valence-corrected chi connectivity index (χ0v) is 52.2. The monoisotopic (exact) mass is 1120 g/mol. The van der Waals surface area contributed by atoms with Crippen molar-refractivity contribution in [3.05, 3.63) is 60.7 Å². The highest BCUT2D eigenvalue weighted by molar-refractivity contribution is 6.03. The van der Waals surface area contributed by atoms with Crippen LogP contribution in [0.3, 0.4) is 0 Å². The van der Waals surface area contributed by atoms with E-state index in [0.717, 1.165) is 51.4 Å². The fraction of sp³-hybridized carbons (Fsp3) is 0.806. The number of esters is 4. The van der Waals surface area contributed by atoms with Crippen LogP contribution in [0.1, 0.15) is 367 Å². The van der Waals surface area contributed by atoms with Crippen LogP contribution >= 0.6 is 0 Å². The van der Waals surface area contributed by atoms with Crippen molar-refractivity contribution in [3.63, 3.8) is 0 Å². The molecule has 0 atom stereocenters. The quantitative estimate of drug-likeness (QED) is 0.0275. The van der Waals surface area contributed by atoms with Crippen LogP contribution < -0.4 is 0 Å². The van der Waals surface area contributed by atoms with E-state index in [9.17, 15) is 19.2 Å². The highest BCUT2D eigenvalue weighted by atomic mass is 16.5. The van der Waals surface area contributed by atoms with Crippen molar-refractivity contribution in [1.82, 2.24) is 0 Å². The van der Waals surface area contributed by atoms with Crippen molar-refractivity contribution in [2.45, 2.75) is 347 Å². The van der Waals surface area contributed by atoms with Gasteiger partial charge in [0.2, 0.25) is 0 Å². The molecule has 0 aromatic heterocycles. The summed E-state index contributed by atoms with van der Waals surface area (Å²) < 4.78 is 21.2. The van der Waals surface area contributed by atoms with Crippen molar-refractivity contribution in [3.8, 4) is 0 Å². The summed E-state index contributed by atoms with van der Waals surface area (Å²) in [5, 5.41) is 0. The van der Waals surface area contributed by atoms with E-state index in [0.29, 0.717) is 37.6 Å². The first-order chi connectivity index (χ1) is 39.5. The molecule has 8 heteroatoms. The molecule has 0 fully saturated rings. The molecule has 1 rings (SSSR count). The van der Waals surface area contributed by atoms with E-state index in [1.54, 1.807) is 24.3 Å². The summed E-state index contributed by atoms with van der Waals surface area (Å²) in [6, 6.07) is 6.91. The Balaban J connectivity index is 1.82. The van der Waals surface area contributed by atoms with E-state index in [2.05, 4.69) is 13.2 Å². The van der Waals surface area contributed by atoms with Crippen LogP contribution in [0.15, 0.2) is 49.6 Å². The lowest BCUT2D eigenvalue weighted by atomic mass is 10.0. The van der Waals surface area contributed by atoms with E-state index in [1.807, 2.05) is 0 Å². The minimum Gasteiger partial charge on any atom is -0.463 e. The molecule has 8 nitrogen and oxygen atoms in total. The van der Waals surface area contributed by atoms with Gasteiger partial charge in [-0.2, -0.15) is 0 Å². The predicted octanol–water partition coefficient (Wildman–Crippen LogP) is 22.5. The van der Waals surface area contributed by atoms with Crippen LogP contribution in [0, 0.1) is 0 Å². The molecule has 1 aromatic carbocycles. The number of rotatable bonds is 64. The molecule has 0 unspecified atom stereocenters. The molecular weight excluding hydrogens is 993 g/mol. The Hall–Kier alpha value is -3.42. The van der Waals surface area contributed by atoms with Gasteiger partial charge in [0.15, 0.2) is 0 Å². The van der Waals surface area contributed by atoms with Gasteiger partial charge in [0, 0.05) is 12.2 Å². The molecule has 0 heterocycles. The van der Waals surface area contributed by atoms with E-state index in [4.69, 9.17) is 18.9 Å². The molecule has 0 saturated carbocycles. The minimum atomic E-state index is -0.432. The molecule has 0 bridgehead atoms. The molecule has 0 aliphatic rings. The number of hydrogen-bond donors (Lipinski definition) is 0. The highest BCUT2D eigenvalue weighted by Gasteiger charge is 2.19. The second-order valence-electron chi connectivity index (χ2n) is 23.7. The molecule has 0 amide bonds. The van der Waals surface area contributed by atoms with Gasteiger partial charge in [-0.3, -0.25) is 0 Å². The second-order valence-corrected chi connectivity index (χ2v) is 23.7. The zero-order chi connectivity index (χ0) is 57.5. The van der Waals surface area contributed by atoms with Crippen LogP contribution in [-0.2, 0) is 28.5 Å². The maximum atomic E-state index is 12.9. The first-order valence-electron chi connectivity index (χ1n) is 34.5. The van der Waals surface area contributed by atoms with Gasteiger partial charge < -0.3 is 18.9 Å². The number of carbonyl (C=O) groups excluding carboxylic acids is 4. The molecule has 80 heavy (non-hydrogen) atoms. The normalized spacial score (nSPS) is 11.2. The number of benzene rings is 1. The van der Waals surface area contributed by atoms with Gasteiger partial charge in [0.1, 0.15) is 0 Å². The summed E-state index contributed by atoms with van der Waals surface area (Å²) in [5.41, 5.74) is 0.608. The summed E-state index contributed by atoms with van der Waals surface area (Å²) in [7, 11) is 0. The lowest BCUT2D eigenvalue weighted by Gasteiger charge is -2.10. The van der Waals surface area contributed by atoms with Crippen LogP contribution in [0.25, 0.3) is 0 Å². The lowest BCUT2D eigenvalue weighted by molar-refractivity contribution is -0.138. The average molecular weight is 1120 g/mol. The fourth-order valence-electron chi connectivity index (χ4n) is 11.0. The van der Waals surface area contributed by atoms with Gasteiger partial charge in [-0.25, -0.2) is 19.2 Å².